The molecule has 0 unspecified atom stereocenters. The van der Waals surface area contributed by atoms with Gasteiger partial charge >= 0.3 is 0 Å². The van der Waals surface area contributed by atoms with Gasteiger partial charge in [-0.1, -0.05) is 60.8 Å². The molecule has 2 aromatic rings. The van der Waals surface area contributed by atoms with Crippen LogP contribution in [0.2, 0.25) is 10.0 Å². The number of anilines is 1. The van der Waals surface area contributed by atoms with Crippen LogP contribution in [-0.4, -0.2) is 16.5 Å². The maximum Gasteiger partial charge on any atom is 0.144 e. The van der Waals surface area contributed by atoms with E-state index < -0.39 is 0 Å². The Morgan fingerprint density at radius 2 is 2.05 bits per heavy atom. The van der Waals surface area contributed by atoms with E-state index in [1.54, 1.807) is 12.3 Å². The Labute approximate surface area is 145 Å². The highest BCUT2D eigenvalue weighted by Gasteiger charge is 2.10. The number of hydrogen-bond acceptors (Lipinski definition) is 4. The molecule has 0 fully saturated rings. The number of rotatable bonds is 7. The van der Waals surface area contributed by atoms with Crippen LogP contribution in [0.4, 0.5) is 5.82 Å². The quantitative estimate of drug-likeness (QED) is 0.632. The largest absolute Gasteiger partial charge is 0.369 e. The van der Waals surface area contributed by atoms with Crippen LogP contribution >= 0.6 is 35.0 Å². The van der Waals surface area contributed by atoms with Crippen LogP contribution < -0.4 is 5.32 Å². The molecular formula is C16H19Cl2N3S. The fourth-order valence-corrected chi connectivity index (χ4v) is 3.24. The van der Waals surface area contributed by atoms with E-state index in [9.17, 15) is 0 Å². The van der Waals surface area contributed by atoms with Gasteiger partial charge in [-0.15, -0.1) is 0 Å². The van der Waals surface area contributed by atoms with Crippen LogP contribution in [0.25, 0.3) is 0 Å². The Morgan fingerprint density at radius 3 is 2.77 bits per heavy atom. The van der Waals surface area contributed by atoms with Crippen LogP contribution in [0.3, 0.4) is 0 Å². The molecule has 0 bridgehead atoms. The topological polar surface area (TPSA) is 37.8 Å². The zero-order chi connectivity index (χ0) is 15.9. The van der Waals surface area contributed by atoms with Crippen molar-refractivity contribution in [3.8, 4) is 0 Å². The molecule has 22 heavy (non-hydrogen) atoms. The number of nitrogens with one attached hydrogen (secondary N) is 1. The van der Waals surface area contributed by atoms with Crippen LogP contribution in [0.15, 0.2) is 34.3 Å². The minimum atomic E-state index is 0.548. The molecule has 0 aliphatic carbocycles. The minimum Gasteiger partial charge on any atom is -0.369 e. The summed E-state index contributed by atoms with van der Waals surface area (Å²) >= 11 is 13.7. The maximum atomic E-state index is 6.21. The molecule has 1 aromatic carbocycles. The van der Waals surface area contributed by atoms with Crippen molar-refractivity contribution in [2.75, 3.05) is 11.9 Å². The standard InChI is InChI=1S/C16H19Cl2N3S/c1-3-4-5-9-19-14-10-20-16(11(2)21-14)22-13-8-6-7-12(17)15(13)18/h6-8,10H,3-5,9H2,1-2H3,(H,19,21). The first kappa shape index (κ1) is 17.4. The first-order valence-electron chi connectivity index (χ1n) is 7.31. The van der Waals surface area contributed by atoms with Gasteiger partial charge in [0.05, 0.1) is 21.9 Å². The molecule has 0 atom stereocenters. The lowest BCUT2D eigenvalue weighted by Crippen LogP contribution is -2.05. The van der Waals surface area contributed by atoms with Gasteiger partial charge in [-0.2, -0.15) is 0 Å². The predicted octanol–water partition coefficient (Wildman–Crippen LogP) is 5.85. The van der Waals surface area contributed by atoms with Crippen molar-refractivity contribution in [1.82, 2.24) is 9.97 Å². The van der Waals surface area contributed by atoms with E-state index in [2.05, 4.69) is 22.2 Å². The van der Waals surface area contributed by atoms with Crippen molar-refractivity contribution in [3.63, 3.8) is 0 Å². The van der Waals surface area contributed by atoms with Gasteiger partial charge in [0.1, 0.15) is 10.8 Å². The Balaban J connectivity index is 2.05. The highest BCUT2D eigenvalue weighted by molar-refractivity contribution is 7.99. The van der Waals surface area contributed by atoms with E-state index >= 15 is 0 Å². The third-order valence-corrected chi connectivity index (χ3v) is 5.20. The average Bonchev–Trinajstić information content (AvgIpc) is 2.51. The van der Waals surface area contributed by atoms with Crippen molar-refractivity contribution >= 4 is 40.8 Å². The van der Waals surface area contributed by atoms with Crippen LogP contribution in [0.1, 0.15) is 31.9 Å². The fourth-order valence-electron chi connectivity index (χ4n) is 1.91. The second-order valence-electron chi connectivity index (χ2n) is 4.93. The highest BCUT2D eigenvalue weighted by Crippen LogP contribution is 2.37. The Bertz CT molecular complexity index is 635. The summed E-state index contributed by atoms with van der Waals surface area (Å²) < 4.78 is 0. The lowest BCUT2D eigenvalue weighted by molar-refractivity contribution is 0.741. The molecular weight excluding hydrogens is 337 g/mol. The van der Waals surface area contributed by atoms with E-state index in [0.717, 1.165) is 34.4 Å². The van der Waals surface area contributed by atoms with Gasteiger partial charge in [0.2, 0.25) is 0 Å². The summed E-state index contributed by atoms with van der Waals surface area (Å²) in [5.41, 5.74) is 0.876. The van der Waals surface area contributed by atoms with Gasteiger partial charge in [-0.25, -0.2) is 9.97 Å². The fraction of sp³-hybridized carbons (Fsp3) is 0.375. The number of unbranched alkanes of at least 4 members (excludes halogenated alkanes) is 2. The van der Waals surface area contributed by atoms with E-state index in [1.807, 2.05) is 19.1 Å². The van der Waals surface area contributed by atoms with Crippen molar-refractivity contribution in [2.24, 2.45) is 0 Å². The summed E-state index contributed by atoms with van der Waals surface area (Å²) in [6.07, 6.45) is 5.34. The predicted molar refractivity (Wildman–Crippen MR) is 95.4 cm³/mol. The molecule has 1 N–H and O–H groups in total. The van der Waals surface area contributed by atoms with Crippen molar-refractivity contribution in [1.29, 1.82) is 0 Å². The lowest BCUT2D eigenvalue weighted by Gasteiger charge is -2.09. The van der Waals surface area contributed by atoms with Gasteiger partial charge < -0.3 is 5.32 Å². The zero-order valence-electron chi connectivity index (χ0n) is 12.7. The Kier molecular flexibility index (Phi) is 6.80. The maximum absolute atomic E-state index is 6.21. The summed E-state index contributed by atoms with van der Waals surface area (Å²) in [4.78, 5) is 9.91. The van der Waals surface area contributed by atoms with Crippen LogP contribution in [-0.2, 0) is 0 Å². The second-order valence-corrected chi connectivity index (χ2v) is 6.75. The number of hydrogen-bond donors (Lipinski definition) is 1. The molecule has 0 saturated heterocycles. The van der Waals surface area contributed by atoms with Gasteiger partial charge in [0, 0.05) is 11.4 Å². The van der Waals surface area contributed by atoms with Gasteiger partial charge in [-0.05, 0) is 25.5 Å². The summed E-state index contributed by atoms with van der Waals surface area (Å²) in [6.45, 7) is 5.07. The molecule has 0 amide bonds. The third-order valence-electron chi connectivity index (χ3n) is 3.11. The number of nitrogens with zero attached hydrogens (tertiary/aromatic N) is 2. The molecule has 0 aliphatic heterocycles. The van der Waals surface area contributed by atoms with Crippen molar-refractivity contribution in [2.45, 2.75) is 43.0 Å². The van der Waals surface area contributed by atoms with E-state index in [0.29, 0.717) is 10.0 Å². The highest BCUT2D eigenvalue weighted by atomic mass is 35.5. The molecule has 0 saturated carbocycles. The molecule has 3 nitrogen and oxygen atoms in total. The summed E-state index contributed by atoms with van der Waals surface area (Å²) in [6, 6.07) is 5.58. The van der Waals surface area contributed by atoms with E-state index in [-0.39, 0.29) is 0 Å². The molecule has 1 aromatic heterocycles. The molecule has 6 heteroatoms. The van der Waals surface area contributed by atoms with Crippen LogP contribution in [0.5, 0.6) is 0 Å². The number of benzene rings is 1. The number of aromatic nitrogens is 2. The molecule has 0 radical (unpaired) electrons. The number of halogens is 2. The minimum absolute atomic E-state index is 0.548. The van der Waals surface area contributed by atoms with Gasteiger partial charge in [-0.3, -0.25) is 0 Å². The molecule has 1 heterocycles. The first-order chi connectivity index (χ1) is 10.6. The summed E-state index contributed by atoms with van der Waals surface area (Å²) in [5, 5.41) is 5.24. The molecule has 2 rings (SSSR count). The smallest absolute Gasteiger partial charge is 0.144 e. The Morgan fingerprint density at radius 1 is 1.23 bits per heavy atom. The van der Waals surface area contributed by atoms with Gasteiger partial charge in [0.15, 0.2) is 0 Å². The third kappa shape index (κ3) is 4.77. The normalized spacial score (nSPS) is 10.7. The van der Waals surface area contributed by atoms with E-state index in [4.69, 9.17) is 23.2 Å². The summed E-state index contributed by atoms with van der Waals surface area (Å²) in [7, 11) is 0. The SMILES string of the molecule is CCCCCNc1cnc(Sc2cccc(Cl)c2Cl)c(C)n1. The molecule has 0 spiro atoms. The molecule has 0 aliphatic rings. The van der Waals surface area contributed by atoms with Crippen LogP contribution in [0, 0.1) is 6.92 Å². The summed E-state index contributed by atoms with van der Waals surface area (Å²) in [5.74, 6) is 0.815. The molecule has 118 valence electrons. The monoisotopic (exact) mass is 355 g/mol. The van der Waals surface area contributed by atoms with E-state index in [1.165, 1.54) is 24.6 Å². The number of aryl methyl sites for hydroxylation is 1. The zero-order valence-corrected chi connectivity index (χ0v) is 15.0. The first-order valence-corrected chi connectivity index (χ1v) is 8.88. The van der Waals surface area contributed by atoms with Gasteiger partial charge in [0.25, 0.3) is 0 Å². The average molecular weight is 356 g/mol. The second kappa shape index (κ2) is 8.61. The van der Waals surface area contributed by atoms with Crippen molar-refractivity contribution < 1.29 is 0 Å². The van der Waals surface area contributed by atoms with Crippen molar-refractivity contribution in [3.05, 3.63) is 40.1 Å². The Hall–Kier alpha value is -0.970. The lowest BCUT2D eigenvalue weighted by atomic mass is 10.2.